The summed E-state index contributed by atoms with van der Waals surface area (Å²) in [4.78, 5) is 34.6. The number of fused-ring (bicyclic) bond motifs is 8. The molecular formula is C65H91N3O6. The summed E-state index contributed by atoms with van der Waals surface area (Å²) in [6.45, 7) is 19.2. The summed E-state index contributed by atoms with van der Waals surface area (Å²) in [5.74, 6) is 2.36. The Hall–Kier alpha value is -3.08. The molecule has 13 rings (SSSR count). The zero-order valence-corrected chi connectivity index (χ0v) is 46.7. The van der Waals surface area contributed by atoms with E-state index in [1.165, 1.54) is 71.8 Å². The van der Waals surface area contributed by atoms with Gasteiger partial charge in [0.25, 0.3) is 0 Å². The maximum absolute atomic E-state index is 15.7. The number of hydrogen-bond acceptors (Lipinski definition) is 7. The van der Waals surface area contributed by atoms with Crippen LogP contribution in [0.5, 0.6) is 0 Å². The number of aliphatic hydroxyl groups excluding tert-OH is 2. The van der Waals surface area contributed by atoms with Crippen LogP contribution in [0.4, 0.5) is 0 Å². The van der Waals surface area contributed by atoms with Crippen molar-refractivity contribution >= 4 is 22.6 Å². The third-order valence-corrected chi connectivity index (χ3v) is 24.9. The topological polar surface area (TPSA) is 129 Å². The predicted molar refractivity (Wildman–Crippen MR) is 291 cm³/mol. The van der Waals surface area contributed by atoms with Crippen molar-refractivity contribution in [2.24, 2.45) is 56.2 Å². The number of carbonyl (C=O) groups is 2. The minimum Gasteiger partial charge on any atom is -0.392 e. The number of aliphatic hydroxyl groups is 2. The molecule has 3 aliphatic heterocycles. The van der Waals surface area contributed by atoms with Gasteiger partial charge < -0.3 is 34.6 Å². The zero-order chi connectivity index (χ0) is 51.5. The Labute approximate surface area is 442 Å². The number of hydrogen-bond donors (Lipinski definition) is 4. The van der Waals surface area contributed by atoms with Crippen LogP contribution >= 0.6 is 0 Å². The van der Waals surface area contributed by atoms with E-state index in [2.05, 4.69) is 87.9 Å². The highest BCUT2D eigenvalue weighted by molar-refractivity contribution is 6.02. The van der Waals surface area contributed by atoms with E-state index in [9.17, 15) is 15.0 Å². The van der Waals surface area contributed by atoms with Crippen LogP contribution in [0.2, 0.25) is 0 Å². The Balaban J connectivity index is 0.973. The molecule has 10 aliphatic rings. The molecule has 9 nitrogen and oxygen atoms in total. The molecule has 5 saturated carbocycles. The van der Waals surface area contributed by atoms with Gasteiger partial charge in [0.2, 0.25) is 0 Å². The molecule has 4 N–H and O–H groups in total. The number of ketones is 2. The molecule has 9 heteroatoms. The fourth-order valence-corrected chi connectivity index (χ4v) is 21.0. The minimum atomic E-state index is -0.732. The summed E-state index contributed by atoms with van der Waals surface area (Å²) in [5.41, 5.74) is 10.5. The fraction of sp³-hybridized carbons (Fsp3) is 0.754. The normalized spacial score (nSPS) is 40.6. The lowest BCUT2D eigenvalue weighted by atomic mass is 9.30. The van der Waals surface area contributed by atoms with Crippen LogP contribution in [0.25, 0.3) is 11.0 Å². The van der Waals surface area contributed by atoms with Gasteiger partial charge >= 0.3 is 0 Å². The van der Waals surface area contributed by atoms with Gasteiger partial charge in [0.1, 0.15) is 11.9 Å². The Morgan fingerprint density at radius 3 is 2.35 bits per heavy atom. The number of aryl methyl sites for hydroxylation is 1. The highest BCUT2D eigenvalue weighted by Gasteiger charge is 2.77. The number of ether oxygens (including phenoxy) is 2. The van der Waals surface area contributed by atoms with Crippen molar-refractivity contribution in [3.63, 3.8) is 0 Å². The van der Waals surface area contributed by atoms with Crippen LogP contribution in [-0.2, 0) is 44.9 Å². The van der Waals surface area contributed by atoms with Crippen molar-refractivity contribution in [2.75, 3.05) is 26.8 Å². The third-order valence-electron chi connectivity index (χ3n) is 24.9. The van der Waals surface area contributed by atoms with Crippen LogP contribution < -0.4 is 5.32 Å². The second-order valence-electron chi connectivity index (χ2n) is 28.8. The summed E-state index contributed by atoms with van der Waals surface area (Å²) in [6, 6.07) is 5.25. The monoisotopic (exact) mass is 1010 g/mol. The Kier molecular flexibility index (Phi) is 11.9. The largest absolute Gasteiger partial charge is 0.392 e. The number of allylic oxidation sites excluding steroid dienone is 1. The van der Waals surface area contributed by atoms with Crippen LogP contribution in [-0.4, -0.2) is 82.0 Å². The first kappa shape index (κ1) is 50.4. The lowest BCUT2D eigenvalue weighted by Crippen LogP contribution is -2.72. The van der Waals surface area contributed by atoms with Gasteiger partial charge in [-0.15, -0.1) is 0 Å². The van der Waals surface area contributed by atoms with Crippen LogP contribution in [0.3, 0.4) is 0 Å². The van der Waals surface area contributed by atoms with Crippen LogP contribution in [0.15, 0.2) is 35.7 Å². The first-order chi connectivity index (χ1) is 35.3. The Morgan fingerprint density at radius 2 is 1.61 bits per heavy atom. The van der Waals surface area contributed by atoms with Crippen molar-refractivity contribution in [3.05, 3.63) is 69.1 Å². The summed E-state index contributed by atoms with van der Waals surface area (Å²) in [5, 5.41) is 29.9. The van der Waals surface area contributed by atoms with E-state index in [0.29, 0.717) is 49.8 Å². The number of nitrogens with zero attached hydrogens (tertiary/aromatic N) is 1. The van der Waals surface area contributed by atoms with E-state index < -0.39 is 39.5 Å². The van der Waals surface area contributed by atoms with E-state index in [4.69, 9.17) is 9.47 Å². The molecule has 74 heavy (non-hydrogen) atoms. The van der Waals surface area contributed by atoms with Gasteiger partial charge in [0.05, 0.1) is 28.8 Å². The summed E-state index contributed by atoms with van der Waals surface area (Å²) < 4.78 is 14.6. The molecule has 2 saturated heterocycles. The number of Topliss-reactive ketones (excluding diaryl/α,β-unsaturated/α-hetero) is 2. The zero-order valence-electron chi connectivity index (χ0n) is 46.7. The van der Waals surface area contributed by atoms with Crippen LogP contribution in [0.1, 0.15) is 209 Å². The molecule has 0 radical (unpaired) electrons. The van der Waals surface area contributed by atoms with E-state index >= 15 is 4.79 Å². The highest BCUT2D eigenvalue weighted by Crippen LogP contribution is 2.80. The van der Waals surface area contributed by atoms with Gasteiger partial charge in [-0.2, -0.15) is 0 Å². The van der Waals surface area contributed by atoms with Crippen molar-refractivity contribution in [2.45, 2.75) is 226 Å². The lowest BCUT2D eigenvalue weighted by Gasteiger charge is -2.74. The van der Waals surface area contributed by atoms with Crippen molar-refractivity contribution in [1.82, 2.24) is 14.9 Å². The lowest BCUT2D eigenvalue weighted by molar-refractivity contribution is -0.261. The van der Waals surface area contributed by atoms with Crippen LogP contribution in [0, 0.1) is 56.2 Å². The van der Waals surface area contributed by atoms with E-state index in [1.807, 2.05) is 7.05 Å². The number of benzene rings is 1. The van der Waals surface area contributed by atoms with Gasteiger partial charge in [-0.25, -0.2) is 0 Å². The number of carbonyl (C=O) groups excluding carboxylic acids is 2. The molecule has 1 aromatic carbocycles. The predicted octanol–water partition coefficient (Wildman–Crippen LogP) is 12.0. The molecular weight excluding hydrogens is 919 g/mol. The number of nitrogens with one attached hydrogen (secondary N) is 2. The molecule has 402 valence electrons. The van der Waals surface area contributed by atoms with Gasteiger partial charge in [-0.05, 0) is 208 Å². The Morgan fingerprint density at radius 1 is 0.865 bits per heavy atom. The highest BCUT2D eigenvalue weighted by atomic mass is 16.6. The van der Waals surface area contributed by atoms with Crippen molar-refractivity contribution in [3.8, 4) is 0 Å². The molecule has 5 heterocycles. The second kappa shape index (κ2) is 17.5. The quantitative estimate of drug-likeness (QED) is 0.157. The molecule has 7 aliphatic carbocycles. The van der Waals surface area contributed by atoms with E-state index in [1.54, 1.807) is 16.7 Å². The van der Waals surface area contributed by atoms with Gasteiger partial charge in [-0.3, -0.25) is 9.59 Å². The van der Waals surface area contributed by atoms with Crippen molar-refractivity contribution in [1.29, 1.82) is 0 Å². The summed E-state index contributed by atoms with van der Waals surface area (Å²) in [7, 11) is 2.01. The Bertz CT molecular complexity index is 2770. The number of aromatic amines is 1. The van der Waals surface area contributed by atoms with E-state index in [0.717, 1.165) is 102 Å². The van der Waals surface area contributed by atoms with E-state index in [-0.39, 0.29) is 40.5 Å². The maximum atomic E-state index is 15.7. The van der Waals surface area contributed by atoms with Gasteiger partial charge in [0.15, 0.2) is 5.78 Å². The summed E-state index contributed by atoms with van der Waals surface area (Å²) in [6.07, 6.45) is 23.8. The standard InChI is InChI=1S/C65H91N3O6/c1-59(2)58(74-59)49(70)32-60(3)23-17-41-35-67-54-42(29-38-30-45(40-19-27-73-28-20-40)44-16-15-39-13-9-10-14-43(39)46(44)31-38)36-68(55(41)54)37-47-52-53(60)48(69)33-63(52,6)62(5)24-18-50-61(4,25-26-66-8)51(71)34-65(21-11-12-22-65)64(50,7)57(62)56(47)72/h30-31,35-36,39-40,43,47,49-50,56-58,66-67,70,72H,9-29,32-34,37H2,1-8H3. The number of rotatable bonds is 9. The maximum Gasteiger partial charge on any atom is 0.160 e. The SMILES string of the molecule is CNCCC1(C)C(=O)CC2(CCCC2)C2(C)C1CCC1(C)C2C(O)C2Cn3cc(Cc4cc(C5CCOCC5)c5c(c4)C4CCCCC4CC5)c4[nH]cc(c43)CCC(C)(CC(O)C3OC3(C)C)C3=C2C1(C)CC3=O. The first-order valence-electron chi connectivity index (χ1n) is 30.2. The molecule has 13 unspecified atom stereocenters. The number of aromatic nitrogens is 2. The smallest absolute Gasteiger partial charge is 0.160 e. The molecule has 0 amide bonds. The molecule has 0 bridgehead atoms. The van der Waals surface area contributed by atoms with Crippen molar-refractivity contribution < 1.29 is 29.3 Å². The molecule has 13 atom stereocenters. The molecule has 2 aromatic heterocycles. The minimum absolute atomic E-state index is 0.112. The third kappa shape index (κ3) is 7.08. The second-order valence-corrected chi connectivity index (χ2v) is 28.8. The number of epoxide rings is 1. The summed E-state index contributed by atoms with van der Waals surface area (Å²) >= 11 is 0. The average molecular weight is 1010 g/mol. The van der Waals surface area contributed by atoms with Gasteiger partial charge in [0, 0.05) is 73.7 Å². The fourth-order valence-electron chi connectivity index (χ4n) is 21.0. The molecule has 3 aromatic rings. The molecule has 7 fully saturated rings. The molecule has 1 spiro atoms. The average Bonchev–Trinajstić information content (AvgIpc) is 3.87. The number of H-pyrrole nitrogens is 1. The first-order valence-corrected chi connectivity index (χ1v) is 30.2. The van der Waals surface area contributed by atoms with Gasteiger partial charge in [-0.1, -0.05) is 72.4 Å².